The van der Waals surface area contributed by atoms with Crippen molar-refractivity contribution >= 4 is 6.09 Å². The highest BCUT2D eigenvalue weighted by Gasteiger charge is 2.10. The molecular formula is C11H24N2O2. The van der Waals surface area contributed by atoms with E-state index in [9.17, 15) is 4.79 Å². The number of amides is 1. The molecule has 1 amide bonds. The minimum absolute atomic E-state index is 0. The van der Waals surface area contributed by atoms with E-state index in [0.29, 0.717) is 6.54 Å². The van der Waals surface area contributed by atoms with Gasteiger partial charge >= 0.3 is 6.09 Å². The molecule has 0 aromatic rings. The molecule has 0 atom stereocenters. The number of nitrogens with one attached hydrogen (secondary N) is 1. The lowest BCUT2D eigenvalue weighted by Crippen LogP contribution is -2.38. The fraction of sp³-hybridized carbons (Fsp3) is 0.909. The molecular weight excluding hydrogens is 192 g/mol. The van der Waals surface area contributed by atoms with Crippen LogP contribution in [0.25, 0.3) is 0 Å². The maximum absolute atomic E-state index is 11.1. The van der Waals surface area contributed by atoms with Crippen molar-refractivity contribution in [3.8, 4) is 0 Å². The van der Waals surface area contributed by atoms with Crippen LogP contribution in [0.1, 0.15) is 34.5 Å². The molecule has 1 aliphatic rings. The van der Waals surface area contributed by atoms with Crippen molar-refractivity contribution < 1.29 is 11.0 Å². The summed E-state index contributed by atoms with van der Waals surface area (Å²) in [6.45, 7) is 7.66. The summed E-state index contributed by atoms with van der Waals surface area (Å²) in [5.74, 6) is 0. The number of alkyl carbamates (subject to hydrolysis) is 1. The Morgan fingerprint density at radius 2 is 2.07 bits per heavy atom. The number of hydrogen-bond acceptors (Lipinski definition) is 3. The van der Waals surface area contributed by atoms with E-state index >= 15 is 0 Å². The van der Waals surface area contributed by atoms with Crippen LogP contribution in [-0.4, -0.2) is 43.3 Å². The summed E-state index contributed by atoms with van der Waals surface area (Å²) in [7, 11) is 0. The van der Waals surface area contributed by atoms with E-state index in [0.717, 1.165) is 6.54 Å². The molecule has 1 aliphatic heterocycles. The molecule has 1 heterocycles. The monoisotopic (exact) mass is 216 g/mol. The van der Waals surface area contributed by atoms with E-state index < -0.39 is 0 Å². The zero-order chi connectivity index (χ0) is 11.1. The summed E-state index contributed by atoms with van der Waals surface area (Å²) in [5, 5.41) is 2.76. The van der Waals surface area contributed by atoms with Gasteiger partial charge in [-0.25, -0.2) is 4.79 Å². The molecule has 4 nitrogen and oxygen atoms in total. The van der Waals surface area contributed by atoms with Crippen LogP contribution < -0.4 is 5.32 Å². The van der Waals surface area contributed by atoms with E-state index in [1.165, 1.54) is 32.4 Å². The van der Waals surface area contributed by atoms with Crippen molar-refractivity contribution in [2.24, 2.45) is 0 Å². The van der Waals surface area contributed by atoms with E-state index in [1.807, 2.05) is 13.8 Å². The SMILES string of the molecule is CC(C)OC(=O)NCCN1CCCCC1.[HH]. The number of carbonyl (C=O) groups is 1. The van der Waals surface area contributed by atoms with Crippen molar-refractivity contribution in [1.29, 1.82) is 0 Å². The van der Waals surface area contributed by atoms with Crippen molar-refractivity contribution in [1.82, 2.24) is 10.2 Å². The molecule has 1 saturated heterocycles. The number of carbonyl (C=O) groups excluding carboxylic acids is 1. The third kappa shape index (κ3) is 5.62. The summed E-state index contributed by atoms with van der Waals surface area (Å²) in [6.07, 6.45) is 3.58. The zero-order valence-electron chi connectivity index (χ0n) is 9.79. The summed E-state index contributed by atoms with van der Waals surface area (Å²) in [6, 6.07) is 0. The molecule has 90 valence electrons. The van der Waals surface area contributed by atoms with Gasteiger partial charge in [-0.1, -0.05) is 6.42 Å². The average Bonchev–Trinajstić information content (AvgIpc) is 2.18. The van der Waals surface area contributed by atoms with Gasteiger partial charge in [0.05, 0.1) is 6.10 Å². The van der Waals surface area contributed by atoms with Gasteiger partial charge in [-0.2, -0.15) is 0 Å². The minimum Gasteiger partial charge on any atom is -0.447 e. The van der Waals surface area contributed by atoms with Gasteiger partial charge in [-0.15, -0.1) is 0 Å². The summed E-state index contributed by atoms with van der Waals surface area (Å²) >= 11 is 0. The molecule has 0 radical (unpaired) electrons. The summed E-state index contributed by atoms with van der Waals surface area (Å²) in [4.78, 5) is 13.5. The van der Waals surface area contributed by atoms with Gasteiger partial charge in [-0.05, 0) is 39.8 Å². The molecule has 0 aromatic carbocycles. The molecule has 0 aliphatic carbocycles. The first-order valence-electron chi connectivity index (χ1n) is 5.85. The highest BCUT2D eigenvalue weighted by atomic mass is 16.6. The average molecular weight is 216 g/mol. The van der Waals surface area contributed by atoms with E-state index in [1.54, 1.807) is 0 Å². The fourth-order valence-electron chi connectivity index (χ4n) is 1.75. The lowest BCUT2D eigenvalue weighted by molar-refractivity contribution is 0.114. The molecule has 0 bridgehead atoms. The topological polar surface area (TPSA) is 41.6 Å². The van der Waals surface area contributed by atoms with Crippen LogP contribution in [0, 0.1) is 0 Å². The van der Waals surface area contributed by atoms with Crippen molar-refractivity contribution in [2.45, 2.75) is 39.2 Å². The number of rotatable bonds is 4. The fourth-order valence-corrected chi connectivity index (χ4v) is 1.75. The van der Waals surface area contributed by atoms with Gasteiger partial charge in [0, 0.05) is 14.5 Å². The maximum Gasteiger partial charge on any atom is 0.407 e. The molecule has 4 heteroatoms. The summed E-state index contributed by atoms with van der Waals surface area (Å²) in [5.41, 5.74) is 0. The minimum atomic E-state index is -0.304. The van der Waals surface area contributed by atoms with Crippen LogP contribution >= 0.6 is 0 Å². The third-order valence-corrected chi connectivity index (χ3v) is 2.49. The highest BCUT2D eigenvalue weighted by Crippen LogP contribution is 2.07. The lowest BCUT2D eigenvalue weighted by Gasteiger charge is -2.26. The first-order valence-corrected chi connectivity index (χ1v) is 5.85. The lowest BCUT2D eigenvalue weighted by atomic mass is 10.1. The smallest absolute Gasteiger partial charge is 0.407 e. The molecule has 0 saturated carbocycles. The van der Waals surface area contributed by atoms with Crippen LogP contribution in [0.3, 0.4) is 0 Å². The molecule has 1 N–H and O–H groups in total. The Morgan fingerprint density at radius 3 is 2.67 bits per heavy atom. The van der Waals surface area contributed by atoms with Gasteiger partial charge in [0.2, 0.25) is 0 Å². The highest BCUT2D eigenvalue weighted by molar-refractivity contribution is 5.67. The number of likely N-dealkylation sites (tertiary alicyclic amines) is 1. The largest absolute Gasteiger partial charge is 0.447 e. The number of piperidine rings is 1. The van der Waals surface area contributed by atoms with Gasteiger partial charge < -0.3 is 15.0 Å². The first kappa shape index (κ1) is 12.3. The van der Waals surface area contributed by atoms with Crippen LogP contribution in [0.2, 0.25) is 0 Å². The molecule has 0 aromatic heterocycles. The molecule has 1 fully saturated rings. The van der Waals surface area contributed by atoms with E-state index in [4.69, 9.17) is 4.74 Å². The number of ether oxygens (including phenoxy) is 1. The van der Waals surface area contributed by atoms with Gasteiger partial charge in [0.15, 0.2) is 0 Å². The number of hydrogen-bond donors (Lipinski definition) is 1. The van der Waals surface area contributed by atoms with Gasteiger partial charge in [0.25, 0.3) is 0 Å². The van der Waals surface area contributed by atoms with Crippen molar-refractivity contribution in [2.75, 3.05) is 26.2 Å². The predicted molar refractivity (Wildman–Crippen MR) is 62.0 cm³/mol. The summed E-state index contributed by atoms with van der Waals surface area (Å²) < 4.78 is 4.97. The predicted octanol–water partition coefficient (Wildman–Crippen LogP) is 1.85. The normalized spacial score (nSPS) is 17.8. The first-order chi connectivity index (χ1) is 7.18. The Kier molecular flexibility index (Phi) is 5.47. The van der Waals surface area contributed by atoms with Gasteiger partial charge in [0.1, 0.15) is 0 Å². The van der Waals surface area contributed by atoms with E-state index in [-0.39, 0.29) is 13.6 Å². The van der Waals surface area contributed by atoms with Crippen molar-refractivity contribution in [3.63, 3.8) is 0 Å². The van der Waals surface area contributed by atoms with Crippen LogP contribution in [-0.2, 0) is 4.74 Å². The molecule has 0 spiro atoms. The second kappa shape index (κ2) is 6.67. The van der Waals surface area contributed by atoms with E-state index in [2.05, 4.69) is 10.2 Å². The molecule has 15 heavy (non-hydrogen) atoms. The van der Waals surface area contributed by atoms with Gasteiger partial charge in [-0.3, -0.25) is 0 Å². The Balaban J connectivity index is 0.00000225. The number of nitrogens with zero attached hydrogens (tertiary/aromatic N) is 1. The Bertz CT molecular complexity index is 194. The quantitative estimate of drug-likeness (QED) is 0.780. The molecule has 0 unspecified atom stereocenters. The maximum atomic E-state index is 11.1. The Morgan fingerprint density at radius 1 is 1.40 bits per heavy atom. The Labute approximate surface area is 93.5 Å². The Hall–Kier alpha value is -0.770. The van der Waals surface area contributed by atoms with Crippen LogP contribution in [0.4, 0.5) is 4.79 Å². The second-order valence-electron chi connectivity index (χ2n) is 4.28. The third-order valence-electron chi connectivity index (χ3n) is 2.49. The van der Waals surface area contributed by atoms with Crippen LogP contribution in [0.5, 0.6) is 0 Å². The zero-order valence-corrected chi connectivity index (χ0v) is 9.79. The standard InChI is InChI=1S/C11H22N2O2.H2/c1-10(2)15-11(14)12-6-9-13-7-4-3-5-8-13;/h10H,3-9H2,1-2H3,(H,12,14);1H. The molecule has 1 rings (SSSR count). The second-order valence-corrected chi connectivity index (χ2v) is 4.28. The van der Waals surface area contributed by atoms with Crippen LogP contribution in [0.15, 0.2) is 0 Å². The van der Waals surface area contributed by atoms with Crippen molar-refractivity contribution in [3.05, 3.63) is 0 Å².